The number of hydrogen-bond acceptors (Lipinski definition) is 4. The number of hydrazine groups is 1. The van der Waals surface area contributed by atoms with Crippen molar-refractivity contribution in [2.75, 3.05) is 32.7 Å². The normalized spacial score (nSPS) is 22.0. The zero-order chi connectivity index (χ0) is 14.6. The van der Waals surface area contributed by atoms with Gasteiger partial charge in [0.15, 0.2) is 0 Å². The number of piperazine rings is 1. The van der Waals surface area contributed by atoms with Gasteiger partial charge in [0, 0.05) is 32.2 Å². The summed E-state index contributed by atoms with van der Waals surface area (Å²) in [4.78, 5) is 14.8. The maximum atomic E-state index is 12.3. The Kier molecular flexibility index (Phi) is 5.57. The van der Waals surface area contributed by atoms with Gasteiger partial charge in [0.05, 0.1) is 12.5 Å². The highest BCUT2D eigenvalue weighted by molar-refractivity contribution is 5.78. The van der Waals surface area contributed by atoms with E-state index in [9.17, 15) is 18.0 Å². The molecule has 0 aliphatic carbocycles. The van der Waals surface area contributed by atoms with E-state index in [1.54, 1.807) is 6.92 Å². The van der Waals surface area contributed by atoms with Crippen molar-refractivity contribution >= 4 is 5.91 Å². The number of halogens is 3. The number of rotatable bonds is 4. The van der Waals surface area contributed by atoms with Crippen LogP contribution in [0.15, 0.2) is 0 Å². The van der Waals surface area contributed by atoms with Crippen molar-refractivity contribution in [2.45, 2.75) is 26.1 Å². The van der Waals surface area contributed by atoms with Crippen LogP contribution in [-0.2, 0) is 4.79 Å². The zero-order valence-electron chi connectivity index (χ0n) is 11.2. The van der Waals surface area contributed by atoms with Gasteiger partial charge in [-0.25, -0.2) is 5.84 Å². The van der Waals surface area contributed by atoms with Crippen LogP contribution >= 0.6 is 0 Å². The van der Waals surface area contributed by atoms with Gasteiger partial charge in [0.1, 0.15) is 0 Å². The number of alkyl halides is 3. The lowest BCUT2D eigenvalue weighted by molar-refractivity contribution is -0.150. The van der Waals surface area contributed by atoms with Crippen LogP contribution in [0.1, 0.15) is 13.8 Å². The molecule has 3 N–H and O–H groups in total. The van der Waals surface area contributed by atoms with Crippen LogP contribution < -0.4 is 11.3 Å². The van der Waals surface area contributed by atoms with E-state index >= 15 is 0 Å². The van der Waals surface area contributed by atoms with Crippen molar-refractivity contribution in [1.82, 2.24) is 15.2 Å². The average molecular weight is 282 g/mol. The van der Waals surface area contributed by atoms with Crippen molar-refractivity contribution in [1.29, 1.82) is 0 Å². The molecular formula is C11H21F3N4O. The summed E-state index contributed by atoms with van der Waals surface area (Å²) in [5.41, 5.74) is 2.10. The molecule has 0 aromatic rings. The van der Waals surface area contributed by atoms with Crippen molar-refractivity contribution in [3.8, 4) is 0 Å². The number of carbonyl (C=O) groups is 1. The van der Waals surface area contributed by atoms with Crippen LogP contribution in [0.25, 0.3) is 0 Å². The Labute approximate surface area is 110 Å². The Morgan fingerprint density at radius 1 is 1.26 bits per heavy atom. The van der Waals surface area contributed by atoms with E-state index in [0.29, 0.717) is 26.2 Å². The monoisotopic (exact) mass is 282 g/mol. The first-order valence-electron chi connectivity index (χ1n) is 6.28. The first-order valence-corrected chi connectivity index (χ1v) is 6.28. The predicted octanol–water partition coefficient (Wildman–Crippen LogP) is 0.181. The Balaban J connectivity index is 2.43. The van der Waals surface area contributed by atoms with E-state index in [2.05, 4.69) is 5.43 Å². The fourth-order valence-corrected chi connectivity index (χ4v) is 2.25. The molecule has 0 aromatic carbocycles. The molecule has 19 heavy (non-hydrogen) atoms. The van der Waals surface area contributed by atoms with Crippen molar-refractivity contribution < 1.29 is 18.0 Å². The van der Waals surface area contributed by atoms with E-state index in [-0.39, 0.29) is 17.9 Å². The van der Waals surface area contributed by atoms with Crippen molar-refractivity contribution in [3.05, 3.63) is 0 Å². The van der Waals surface area contributed by atoms with Crippen molar-refractivity contribution in [2.24, 2.45) is 11.8 Å². The molecule has 0 saturated carbocycles. The second-order valence-electron chi connectivity index (χ2n) is 4.97. The number of nitrogens with zero attached hydrogens (tertiary/aromatic N) is 2. The Morgan fingerprint density at radius 3 is 2.21 bits per heavy atom. The van der Waals surface area contributed by atoms with Gasteiger partial charge in [-0.2, -0.15) is 13.2 Å². The van der Waals surface area contributed by atoms with Crippen LogP contribution in [0, 0.1) is 5.92 Å². The summed E-state index contributed by atoms with van der Waals surface area (Å²) >= 11 is 0. The molecule has 1 aliphatic rings. The second-order valence-corrected chi connectivity index (χ2v) is 4.97. The summed E-state index contributed by atoms with van der Waals surface area (Å²) < 4.78 is 36.8. The number of carbonyl (C=O) groups excluding carboxylic acids is 1. The summed E-state index contributed by atoms with van der Waals surface area (Å²) in [5, 5.41) is 0. The highest BCUT2D eigenvalue weighted by Crippen LogP contribution is 2.19. The largest absolute Gasteiger partial charge is 0.401 e. The Hall–Kier alpha value is -0.860. The standard InChI is InChI=1S/C11H21F3N4O/c1-8(10(19)16-15)9(2)18-5-3-17(4-6-18)7-11(12,13)14/h8-9H,3-7,15H2,1-2H3,(H,16,19). The van der Waals surface area contributed by atoms with Crippen LogP contribution in [0.5, 0.6) is 0 Å². The van der Waals surface area contributed by atoms with Gasteiger partial charge < -0.3 is 0 Å². The molecule has 112 valence electrons. The van der Waals surface area contributed by atoms with Crippen LogP contribution in [0.3, 0.4) is 0 Å². The minimum atomic E-state index is -4.15. The number of nitrogens with two attached hydrogens (primary N) is 1. The van der Waals surface area contributed by atoms with E-state index in [0.717, 1.165) is 0 Å². The number of hydrogen-bond donors (Lipinski definition) is 2. The van der Waals surface area contributed by atoms with Crippen LogP contribution in [0.2, 0.25) is 0 Å². The number of nitrogens with one attached hydrogen (secondary N) is 1. The summed E-state index contributed by atoms with van der Waals surface area (Å²) in [6.07, 6.45) is -4.15. The minimum absolute atomic E-state index is 0.0448. The summed E-state index contributed by atoms with van der Waals surface area (Å²) in [7, 11) is 0. The molecule has 1 rings (SSSR count). The van der Waals surface area contributed by atoms with Gasteiger partial charge >= 0.3 is 6.18 Å². The Bertz CT molecular complexity index is 303. The fourth-order valence-electron chi connectivity index (χ4n) is 2.25. The second kappa shape index (κ2) is 6.53. The lowest BCUT2D eigenvalue weighted by Gasteiger charge is -2.39. The van der Waals surface area contributed by atoms with Gasteiger partial charge in [-0.3, -0.25) is 20.0 Å². The molecule has 1 heterocycles. The Morgan fingerprint density at radius 2 is 1.79 bits per heavy atom. The van der Waals surface area contributed by atoms with Crippen LogP contribution in [0.4, 0.5) is 13.2 Å². The lowest BCUT2D eigenvalue weighted by Crippen LogP contribution is -2.54. The third kappa shape index (κ3) is 4.96. The smallest absolute Gasteiger partial charge is 0.297 e. The van der Waals surface area contributed by atoms with Gasteiger partial charge in [-0.15, -0.1) is 0 Å². The van der Waals surface area contributed by atoms with Gasteiger partial charge in [-0.1, -0.05) is 6.92 Å². The maximum Gasteiger partial charge on any atom is 0.401 e. The van der Waals surface area contributed by atoms with Gasteiger partial charge in [-0.05, 0) is 6.92 Å². The molecular weight excluding hydrogens is 261 g/mol. The number of amides is 1. The highest BCUT2D eigenvalue weighted by atomic mass is 19.4. The van der Waals surface area contributed by atoms with E-state index in [4.69, 9.17) is 5.84 Å². The molecule has 2 atom stereocenters. The van der Waals surface area contributed by atoms with E-state index in [1.807, 2.05) is 11.8 Å². The molecule has 0 aromatic heterocycles. The highest BCUT2D eigenvalue weighted by Gasteiger charge is 2.34. The van der Waals surface area contributed by atoms with E-state index < -0.39 is 12.7 Å². The third-order valence-corrected chi connectivity index (χ3v) is 3.67. The average Bonchev–Trinajstić information content (AvgIpc) is 2.35. The molecule has 1 fully saturated rings. The first-order chi connectivity index (χ1) is 8.74. The third-order valence-electron chi connectivity index (χ3n) is 3.67. The maximum absolute atomic E-state index is 12.3. The molecule has 1 saturated heterocycles. The molecule has 0 radical (unpaired) electrons. The molecule has 0 bridgehead atoms. The molecule has 1 aliphatic heterocycles. The van der Waals surface area contributed by atoms with Gasteiger partial charge in [0.2, 0.25) is 5.91 Å². The summed E-state index contributed by atoms with van der Waals surface area (Å²) in [5.74, 6) is 4.53. The van der Waals surface area contributed by atoms with E-state index in [1.165, 1.54) is 4.90 Å². The SMILES string of the molecule is CC(C(=O)NN)C(C)N1CCN(CC(F)(F)F)CC1. The topological polar surface area (TPSA) is 61.6 Å². The molecule has 0 spiro atoms. The zero-order valence-corrected chi connectivity index (χ0v) is 11.2. The summed E-state index contributed by atoms with van der Waals surface area (Å²) in [6, 6.07) is -0.0448. The first kappa shape index (κ1) is 16.2. The van der Waals surface area contributed by atoms with Crippen LogP contribution in [-0.4, -0.2) is 60.6 Å². The predicted molar refractivity (Wildman–Crippen MR) is 65.0 cm³/mol. The molecule has 1 amide bonds. The quantitative estimate of drug-likeness (QED) is 0.439. The molecule has 2 unspecified atom stereocenters. The summed E-state index contributed by atoms with van der Waals surface area (Å²) in [6.45, 7) is 4.56. The minimum Gasteiger partial charge on any atom is -0.297 e. The molecule has 5 nitrogen and oxygen atoms in total. The lowest BCUT2D eigenvalue weighted by atomic mass is 10.0. The van der Waals surface area contributed by atoms with Gasteiger partial charge in [0.25, 0.3) is 0 Å². The fraction of sp³-hybridized carbons (Fsp3) is 0.909. The van der Waals surface area contributed by atoms with Crippen molar-refractivity contribution in [3.63, 3.8) is 0 Å². The molecule has 8 heteroatoms.